The largest absolute Gasteiger partial charge is 0.310 e. The maximum Gasteiger partial charge on any atom is 0.0540 e. The second-order valence-electron chi connectivity index (χ2n) is 15.7. The van der Waals surface area contributed by atoms with Crippen molar-refractivity contribution in [2.45, 2.75) is 19.3 Å². The van der Waals surface area contributed by atoms with Crippen molar-refractivity contribution in [3.63, 3.8) is 0 Å². The lowest BCUT2D eigenvalue weighted by Crippen LogP contribution is -2.16. The molecule has 0 unspecified atom stereocenters. The molecule has 0 N–H and O–H groups in total. The van der Waals surface area contributed by atoms with Gasteiger partial charge in [-0.15, -0.1) is 11.3 Å². The number of thiophene rings is 1. The Balaban J connectivity index is 1.12. The zero-order valence-electron chi connectivity index (χ0n) is 31.9. The molecule has 1 aliphatic carbocycles. The highest BCUT2D eigenvalue weighted by atomic mass is 32.1. The fourth-order valence-corrected chi connectivity index (χ4v) is 10.6. The Hall–Kier alpha value is -6.74. The lowest BCUT2D eigenvalue weighted by atomic mass is 9.82. The van der Waals surface area contributed by atoms with Crippen LogP contribution in [0.3, 0.4) is 0 Å². The number of fused-ring (bicyclic) bond motifs is 7. The summed E-state index contributed by atoms with van der Waals surface area (Å²) in [5.41, 5.74) is 16.0. The SMILES string of the molecule is CC1(C)c2ccccc2-c2ccc(N(c3ccc(-c4cccc5c4sc4ccccc45)cc3)c3ccccc3-c3cccc4cccc(-c5ccccc5)c34)cc21. The molecule has 11 rings (SSSR count). The van der Waals surface area contributed by atoms with Gasteiger partial charge in [-0.3, -0.25) is 0 Å². The van der Waals surface area contributed by atoms with Crippen LogP contribution in [0.4, 0.5) is 17.1 Å². The Bertz CT molecular complexity index is 3150. The van der Waals surface area contributed by atoms with Crippen LogP contribution in [0.5, 0.6) is 0 Å². The van der Waals surface area contributed by atoms with E-state index < -0.39 is 0 Å². The van der Waals surface area contributed by atoms with Crippen molar-refractivity contribution in [1.29, 1.82) is 0 Å². The molecule has 0 bridgehead atoms. The minimum Gasteiger partial charge on any atom is -0.310 e. The predicted octanol–water partition coefficient (Wildman–Crippen LogP) is 16.0. The van der Waals surface area contributed by atoms with Gasteiger partial charge in [0.25, 0.3) is 0 Å². The van der Waals surface area contributed by atoms with Gasteiger partial charge in [0.05, 0.1) is 5.69 Å². The smallest absolute Gasteiger partial charge is 0.0540 e. The second kappa shape index (κ2) is 13.2. The summed E-state index contributed by atoms with van der Waals surface area (Å²) in [6.07, 6.45) is 0. The average Bonchev–Trinajstić information content (AvgIpc) is 3.76. The van der Waals surface area contributed by atoms with Crippen molar-refractivity contribution in [3.8, 4) is 44.5 Å². The minimum absolute atomic E-state index is 0.125. The first-order chi connectivity index (χ1) is 28.0. The number of para-hydroxylation sites is 1. The van der Waals surface area contributed by atoms with Crippen LogP contribution < -0.4 is 4.90 Å². The Morgan fingerprint density at radius 2 is 1.00 bits per heavy atom. The topological polar surface area (TPSA) is 3.24 Å². The molecule has 0 fully saturated rings. The molecule has 0 saturated carbocycles. The Kier molecular flexibility index (Phi) is 7.77. The van der Waals surface area contributed by atoms with Gasteiger partial charge in [0.1, 0.15) is 0 Å². The molecule has 57 heavy (non-hydrogen) atoms. The normalized spacial score (nSPS) is 12.9. The lowest BCUT2D eigenvalue weighted by molar-refractivity contribution is 0.660. The monoisotopic (exact) mass is 745 g/mol. The summed E-state index contributed by atoms with van der Waals surface area (Å²) in [6, 6.07) is 73.9. The molecule has 0 atom stereocenters. The van der Waals surface area contributed by atoms with Gasteiger partial charge in [0, 0.05) is 42.5 Å². The number of benzene rings is 9. The lowest BCUT2D eigenvalue weighted by Gasteiger charge is -2.30. The summed E-state index contributed by atoms with van der Waals surface area (Å²) in [7, 11) is 0. The number of rotatable bonds is 6. The Morgan fingerprint density at radius 3 is 1.84 bits per heavy atom. The summed E-state index contributed by atoms with van der Waals surface area (Å²) in [5.74, 6) is 0. The van der Waals surface area contributed by atoms with E-state index in [0.29, 0.717) is 0 Å². The first kappa shape index (κ1) is 33.6. The number of hydrogen-bond donors (Lipinski definition) is 0. The molecule has 1 nitrogen and oxygen atoms in total. The third-order valence-corrected chi connectivity index (χ3v) is 13.3. The molecule has 1 heterocycles. The number of nitrogens with zero attached hydrogens (tertiary/aromatic N) is 1. The molecule has 9 aromatic carbocycles. The molecular weight excluding hydrogens is 707 g/mol. The van der Waals surface area contributed by atoms with Crippen LogP contribution in [0.15, 0.2) is 200 Å². The average molecular weight is 746 g/mol. The van der Waals surface area contributed by atoms with Gasteiger partial charge in [-0.1, -0.05) is 178 Å². The fraction of sp³-hybridized carbons (Fsp3) is 0.0545. The first-order valence-electron chi connectivity index (χ1n) is 19.8. The van der Waals surface area contributed by atoms with E-state index in [4.69, 9.17) is 0 Å². The van der Waals surface area contributed by atoms with Gasteiger partial charge in [0.2, 0.25) is 0 Å². The summed E-state index contributed by atoms with van der Waals surface area (Å²) < 4.78 is 2.66. The fourth-order valence-electron chi connectivity index (χ4n) is 9.34. The zero-order valence-corrected chi connectivity index (χ0v) is 32.7. The highest BCUT2D eigenvalue weighted by Gasteiger charge is 2.36. The maximum atomic E-state index is 2.47. The quantitative estimate of drug-likeness (QED) is 0.164. The van der Waals surface area contributed by atoms with Crippen molar-refractivity contribution in [2.24, 2.45) is 0 Å². The summed E-state index contributed by atoms with van der Waals surface area (Å²) in [6.45, 7) is 4.73. The Morgan fingerprint density at radius 1 is 0.404 bits per heavy atom. The van der Waals surface area contributed by atoms with E-state index in [9.17, 15) is 0 Å². The van der Waals surface area contributed by atoms with E-state index >= 15 is 0 Å². The van der Waals surface area contributed by atoms with Gasteiger partial charge in [-0.25, -0.2) is 0 Å². The van der Waals surface area contributed by atoms with Crippen molar-refractivity contribution in [1.82, 2.24) is 0 Å². The summed E-state index contributed by atoms with van der Waals surface area (Å²) in [5, 5.41) is 5.13. The summed E-state index contributed by atoms with van der Waals surface area (Å²) in [4.78, 5) is 2.47. The highest BCUT2D eigenvalue weighted by molar-refractivity contribution is 7.26. The van der Waals surface area contributed by atoms with Crippen LogP contribution in [0.25, 0.3) is 75.5 Å². The molecule has 270 valence electrons. The van der Waals surface area contributed by atoms with Crippen LogP contribution in [0, 0.1) is 0 Å². The molecule has 0 aliphatic heterocycles. The second-order valence-corrected chi connectivity index (χ2v) is 16.7. The first-order valence-corrected chi connectivity index (χ1v) is 20.6. The predicted molar refractivity (Wildman–Crippen MR) is 245 cm³/mol. The van der Waals surface area contributed by atoms with Crippen LogP contribution in [0.1, 0.15) is 25.0 Å². The molecule has 0 amide bonds. The number of anilines is 3. The third kappa shape index (κ3) is 5.36. The van der Waals surface area contributed by atoms with E-state index in [0.717, 1.165) is 17.1 Å². The molecule has 1 aliphatic rings. The van der Waals surface area contributed by atoms with E-state index in [1.54, 1.807) is 0 Å². The third-order valence-electron chi connectivity index (χ3n) is 12.1. The van der Waals surface area contributed by atoms with Crippen molar-refractivity contribution < 1.29 is 0 Å². The van der Waals surface area contributed by atoms with Crippen molar-refractivity contribution in [3.05, 3.63) is 211 Å². The van der Waals surface area contributed by atoms with Crippen LogP contribution in [-0.4, -0.2) is 0 Å². The molecule has 2 heteroatoms. The van der Waals surface area contributed by atoms with Gasteiger partial charge in [-0.2, -0.15) is 0 Å². The van der Waals surface area contributed by atoms with Gasteiger partial charge in [0.15, 0.2) is 0 Å². The van der Waals surface area contributed by atoms with Crippen LogP contribution in [-0.2, 0) is 5.41 Å². The zero-order chi connectivity index (χ0) is 38.1. The van der Waals surface area contributed by atoms with Gasteiger partial charge < -0.3 is 4.90 Å². The van der Waals surface area contributed by atoms with E-state index in [1.165, 1.54) is 86.6 Å². The highest BCUT2D eigenvalue weighted by Crippen LogP contribution is 2.52. The number of hydrogen-bond acceptors (Lipinski definition) is 2. The molecule has 1 aromatic heterocycles. The standard InChI is InChI=1S/C55H39NS/c1-55(2)49-26-9-6-19-43(49)44-34-33-40(35-50(44)55)56(39-31-29-37(30-32-39)42-23-14-25-48-46-21-8-11-28-52(46)57-54(42)48)51-27-10-7-20-45(51)47-24-13-18-38-17-12-22-41(53(38)47)36-15-4-3-5-16-36/h3-35H,1-2H3. The van der Waals surface area contributed by atoms with Gasteiger partial charge in [-0.05, 0) is 97.2 Å². The molecule has 10 aromatic rings. The van der Waals surface area contributed by atoms with Crippen molar-refractivity contribution >= 4 is 59.3 Å². The molecule has 0 spiro atoms. The molecule has 0 radical (unpaired) electrons. The molecule has 0 saturated heterocycles. The van der Waals surface area contributed by atoms with E-state index in [-0.39, 0.29) is 5.41 Å². The van der Waals surface area contributed by atoms with E-state index in [1.807, 2.05) is 11.3 Å². The van der Waals surface area contributed by atoms with Crippen molar-refractivity contribution in [2.75, 3.05) is 4.90 Å². The maximum absolute atomic E-state index is 2.47. The van der Waals surface area contributed by atoms with Gasteiger partial charge >= 0.3 is 0 Å². The minimum atomic E-state index is -0.125. The van der Waals surface area contributed by atoms with Crippen LogP contribution >= 0.6 is 11.3 Å². The molecular formula is C55H39NS. The Labute approximate surface area is 337 Å². The van der Waals surface area contributed by atoms with Crippen LogP contribution in [0.2, 0.25) is 0 Å². The van der Waals surface area contributed by atoms with E-state index in [2.05, 4.69) is 219 Å². The summed E-state index contributed by atoms with van der Waals surface area (Å²) >= 11 is 1.88.